The molecular weight excluding hydrogens is 280 g/mol. The van der Waals surface area contributed by atoms with E-state index in [4.69, 9.17) is 0 Å². The first kappa shape index (κ1) is 19.2. The van der Waals surface area contributed by atoms with E-state index in [2.05, 4.69) is 37.5 Å². The van der Waals surface area contributed by atoms with Crippen LogP contribution in [-0.4, -0.2) is 49.1 Å². The average Bonchev–Trinajstić information content (AvgIpc) is 2.48. The summed E-state index contributed by atoms with van der Waals surface area (Å²) in [5, 5.41) is 0. The van der Waals surface area contributed by atoms with E-state index in [1.165, 1.54) is 90.6 Å². The third kappa shape index (κ3) is 6.05. The predicted molar refractivity (Wildman–Crippen MR) is 102 cm³/mol. The highest BCUT2D eigenvalue weighted by Crippen LogP contribution is 2.40. The van der Waals surface area contributed by atoms with Crippen molar-refractivity contribution in [3.05, 3.63) is 0 Å². The first-order chi connectivity index (χ1) is 11.1. The number of piperidine rings is 1. The molecule has 23 heavy (non-hydrogen) atoms. The summed E-state index contributed by atoms with van der Waals surface area (Å²) in [6.45, 7) is 17.7. The molecule has 0 saturated carbocycles. The maximum Gasteiger partial charge on any atom is 0.00514 e. The van der Waals surface area contributed by atoms with Gasteiger partial charge in [0.1, 0.15) is 0 Å². The SMILES string of the molecule is CCCC(C)CCCN1CC2(CCN(CC(C)CCC)CC2)C1. The Kier molecular flexibility index (Phi) is 7.88. The summed E-state index contributed by atoms with van der Waals surface area (Å²) >= 11 is 0. The van der Waals surface area contributed by atoms with E-state index in [0.717, 1.165) is 11.8 Å². The van der Waals surface area contributed by atoms with Crippen molar-refractivity contribution in [2.75, 3.05) is 39.3 Å². The molecule has 2 saturated heterocycles. The maximum absolute atomic E-state index is 2.74. The zero-order chi connectivity index (χ0) is 16.7. The second-order valence-corrected chi connectivity index (χ2v) is 8.94. The van der Waals surface area contributed by atoms with Gasteiger partial charge in [-0.1, -0.05) is 47.0 Å². The number of likely N-dealkylation sites (tertiary alicyclic amines) is 2. The summed E-state index contributed by atoms with van der Waals surface area (Å²) in [7, 11) is 0. The van der Waals surface area contributed by atoms with Crippen molar-refractivity contribution in [3.8, 4) is 0 Å². The van der Waals surface area contributed by atoms with E-state index in [1.807, 2.05) is 0 Å². The van der Waals surface area contributed by atoms with Gasteiger partial charge in [-0.05, 0) is 69.0 Å². The van der Waals surface area contributed by atoms with Gasteiger partial charge in [0.05, 0.1) is 0 Å². The Bertz CT molecular complexity index is 312. The Morgan fingerprint density at radius 3 is 2.04 bits per heavy atom. The van der Waals surface area contributed by atoms with Crippen LogP contribution in [0.3, 0.4) is 0 Å². The summed E-state index contributed by atoms with van der Waals surface area (Å²) in [6.07, 6.45) is 11.2. The summed E-state index contributed by atoms with van der Waals surface area (Å²) in [4.78, 5) is 5.47. The van der Waals surface area contributed by atoms with Gasteiger partial charge in [0.2, 0.25) is 0 Å². The molecule has 2 rings (SSSR count). The van der Waals surface area contributed by atoms with Crippen LogP contribution in [0.2, 0.25) is 0 Å². The lowest BCUT2D eigenvalue weighted by Crippen LogP contribution is -2.60. The second-order valence-electron chi connectivity index (χ2n) is 8.94. The summed E-state index contributed by atoms with van der Waals surface area (Å²) in [5.41, 5.74) is 0.708. The molecule has 2 aliphatic rings. The summed E-state index contributed by atoms with van der Waals surface area (Å²) in [5.74, 6) is 1.82. The van der Waals surface area contributed by atoms with E-state index >= 15 is 0 Å². The zero-order valence-electron chi connectivity index (χ0n) is 16.4. The fraction of sp³-hybridized carbons (Fsp3) is 1.00. The molecular formula is C21H42N2. The van der Waals surface area contributed by atoms with Crippen molar-refractivity contribution in [1.29, 1.82) is 0 Å². The van der Waals surface area contributed by atoms with E-state index in [9.17, 15) is 0 Å². The maximum atomic E-state index is 2.74. The van der Waals surface area contributed by atoms with Gasteiger partial charge in [0.15, 0.2) is 0 Å². The smallest absolute Gasteiger partial charge is 0.00514 e. The third-order valence-electron chi connectivity index (χ3n) is 6.34. The quantitative estimate of drug-likeness (QED) is 0.556. The van der Waals surface area contributed by atoms with Gasteiger partial charge in [0, 0.05) is 19.6 Å². The largest absolute Gasteiger partial charge is 0.303 e. The molecule has 2 fully saturated rings. The Balaban J connectivity index is 1.56. The lowest BCUT2D eigenvalue weighted by Gasteiger charge is -2.54. The zero-order valence-corrected chi connectivity index (χ0v) is 16.4. The van der Waals surface area contributed by atoms with E-state index in [1.54, 1.807) is 0 Å². The molecule has 0 bridgehead atoms. The average molecular weight is 323 g/mol. The molecule has 2 heteroatoms. The van der Waals surface area contributed by atoms with Gasteiger partial charge in [-0.3, -0.25) is 0 Å². The van der Waals surface area contributed by atoms with Crippen molar-refractivity contribution in [3.63, 3.8) is 0 Å². The highest BCUT2D eigenvalue weighted by Gasteiger charge is 2.44. The highest BCUT2D eigenvalue weighted by atomic mass is 15.2. The minimum Gasteiger partial charge on any atom is -0.303 e. The molecule has 0 aromatic heterocycles. The molecule has 2 unspecified atom stereocenters. The molecule has 136 valence electrons. The highest BCUT2D eigenvalue weighted by molar-refractivity contribution is 4.98. The van der Waals surface area contributed by atoms with Crippen molar-refractivity contribution in [1.82, 2.24) is 9.80 Å². The molecule has 2 atom stereocenters. The number of hydrogen-bond donors (Lipinski definition) is 0. The van der Waals surface area contributed by atoms with Crippen LogP contribution in [0.4, 0.5) is 0 Å². The van der Waals surface area contributed by atoms with Gasteiger partial charge in [-0.15, -0.1) is 0 Å². The Morgan fingerprint density at radius 1 is 0.826 bits per heavy atom. The lowest BCUT2D eigenvalue weighted by molar-refractivity contribution is -0.0490. The van der Waals surface area contributed by atoms with E-state index < -0.39 is 0 Å². The van der Waals surface area contributed by atoms with E-state index in [-0.39, 0.29) is 0 Å². The fourth-order valence-electron chi connectivity index (χ4n) is 4.91. The molecule has 0 aliphatic carbocycles. The van der Waals surface area contributed by atoms with Gasteiger partial charge in [0.25, 0.3) is 0 Å². The molecule has 1 spiro atoms. The van der Waals surface area contributed by atoms with Crippen molar-refractivity contribution < 1.29 is 0 Å². The standard InChI is InChI=1S/C21H42N2/c1-5-8-19(3)10-7-13-23-17-21(18-23)11-14-22(15-12-21)16-20(4)9-6-2/h19-20H,5-18H2,1-4H3. The van der Waals surface area contributed by atoms with Crippen LogP contribution < -0.4 is 0 Å². The first-order valence-corrected chi connectivity index (χ1v) is 10.5. The Labute approximate surface area is 146 Å². The molecule has 2 aliphatic heterocycles. The molecule has 0 radical (unpaired) electrons. The van der Waals surface area contributed by atoms with Crippen LogP contribution in [0.5, 0.6) is 0 Å². The van der Waals surface area contributed by atoms with Crippen LogP contribution in [0, 0.1) is 17.3 Å². The molecule has 0 aromatic rings. The van der Waals surface area contributed by atoms with Crippen LogP contribution >= 0.6 is 0 Å². The topological polar surface area (TPSA) is 6.48 Å². The van der Waals surface area contributed by atoms with Gasteiger partial charge < -0.3 is 9.80 Å². The van der Waals surface area contributed by atoms with Crippen molar-refractivity contribution >= 4 is 0 Å². The van der Waals surface area contributed by atoms with Crippen LogP contribution in [0.25, 0.3) is 0 Å². The first-order valence-electron chi connectivity index (χ1n) is 10.5. The number of hydrogen-bond acceptors (Lipinski definition) is 2. The van der Waals surface area contributed by atoms with Crippen molar-refractivity contribution in [2.24, 2.45) is 17.3 Å². The Morgan fingerprint density at radius 2 is 1.43 bits per heavy atom. The monoisotopic (exact) mass is 322 g/mol. The third-order valence-corrected chi connectivity index (χ3v) is 6.34. The predicted octanol–water partition coefficient (Wildman–Crippen LogP) is 5.04. The van der Waals surface area contributed by atoms with Crippen LogP contribution in [0.1, 0.15) is 79.1 Å². The van der Waals surface area contributed by atoms with Crippen molar-refractivity contribution in [2.45, 2.75) is 79.1 Å². The molecule has 2 heterocycles. The number of nitrogens with zero attached hydrogens (tertiary/aromatic N) is 2. The minimum atomic E-state index is 0.708. The van der Waals surface area contributed by atoms with Crippen LogP contribution in [0.15, 0.2) is 0 Å². The fourth-order valence-corrected chi connectivity index (χ4v) is 4.91. The van der Waals surface area contributed by atoms with Gasteiger partial charge >= 0.3 is 0 Å². The van der Waals surface area contributed by atoms with Gasteiger partial charge in [-0.2, -0.15) is 0 Å². The van der Waals surface area contributed by atoms with Gasteiger partial charge in [-0.25, -0.2) is 0 Å². The van der Waals surface area contributed by atoms with Crippen LogP contribution in [-0.2, 0) is 0 Å². The lowest BCUT2D eigenvalue weighted by atomic mass is 9.72. The summed E-state index contributed by atoms with van der Waals surface area (Å²) < 4.78 is 0. The minimum absolute atomic E-state index is 0.708. The van der Waals surface area contributed by atoms with E-state index in [0.29, 0.717) is 5.41 Å². The molecule has 2 nitrogen and oxygen atoms in total. The molecule has 0 N–H and O–H groups in total. The second kappa shape index (κ2) is 9.42. The summed E-state index contributed by atoms with van der Waals surface area (Å²) in [6, 6.07) is 0. The molecule has 0 aromatic carbocycles. The number of rotatable bonds is 10. The molecule has 0 amide bonds. The Hall–Kier alpha value is -0.0800. The normalized spacial score (nSPS) is 24.5.